The van der Waals surface area contributed by atoms with Gasteiger partial charge in [-0.1, -0.05) is 25.7 Å². The second kappa shape index (κ2) is 6.83. The molecule has 124 valence electrons. The van der Waals surface area contributed by atoms with Crippen LogP contribution in [0.1, 0.15) is 42.6 Å². The maximum absolute atomic E-state index is 13.2. The maximum atomic E-state index is 13.2. The minimum atomic E-state index is -0.442. The number of anilines is 2. The predicted molar refractivity (Wildman–Crippen MR) is 89.7 cm³/mol. The zero-order chi connectivity index (χ0) is 17.1. The van der Waals surface area contributed by atoms with Gasteiger partial charge in [-0.2, -0.15) is 5.26 Å². The van der Waals surface area contributed by atoms with Crippen molar-refractivity contribution in [3.05, 3.63) is 51.3 Å². The van der Waals surface area contributed by atoms with E-state index in [9.17, 15) is 14.4 Å². The van der Waals surface area contributed by atoms with E-state index >= 15 is 0 Å². The first-order valence-corrected chi connectivity index (χ1v) is 8.13. The fraction of sp³-hybridized carbons (Fsp3) is 0.389. The van der Waals surface area contributed by atoms with Gasteiger partial charge in [0.25, 0.3) is 5.56 Å². The van der Waals surface area contributed by atoms with Crippen LogP contribution in [0.5, 0.6) is 0 Å². The molecule has 6 heteroatoms. The molecule has 5 nitrogen and oxygen atoms in total. The van der Waals surface area contributed by atoms with Gasteiger partial charge in [-0.3, -0.25) is 4.79 Å². The van der Waals surface area contributed by atoms with Crippen molar-refractivity contribution in [1.29, 1.82) is 5.26 Å². The van der Waals surface area contributed by atoms with Crippen molar-refractivity contribution in [2.75, 3.05) is 5.32 Å². The number of nitriles is 1. The Morgan fingerprint density at radius 1 is 1.42 bits per heavy atom. The summed E-state index contributed by atoms with van der Waals surface area (Å²) in [4.78, 5) is 19.3. The molecule has 0 aliphatic heterocycles. The Labute approximate surface area is 139 Å². The highest BCUT2D eigenvalue weighted by Gasteiger charge is 2.19. The number of nitrogens with zero attached hydrogens (tertiary/aromatic N) is 2. The van der Waals surface area contributed by atoms with E-state index in [0.717, 1.165) is 12.8 Å². The molecule has 0 bridgehead atoms. The average molecular weight is 326 g/mol. The van der Waals surface area contributed by atoms with Crippen molar-refractivity contribution in [3.63, 3.8) is 0 Å². The van der Waals surface area contributed by atoms with Gasteiger partial charge in [0.05, 0.1) is 0 Å². The van der Waals surface area contributed by atoms with Crippen molar-refractivity contribution in [1.82, 2.24) is 9.97 Å². The Morgan fingerprint density at radius 3 is 2.83 bits per heavy atom. The fourth-order valence-electron chi connectivity index (χ4n) is 3.19. The first-order chi connectivity index (χ1) is 11.6. The van der Waals surface area contributed by atoms with Crippen LogP contribution in [-0.2, 0) is 6.42 Å². The summed E-state index contributed by atoms with van der Waals surface area (Å²) in [6, 6.07) is 6.18. The molecule has 1 heterocycles. The molecule has 3 rings (SSSR count). The number of H-pyrrole nitrogens is 1. The largest absolute Gasteiger partial charge is 0.339 e. The molecular weight excluding hydrogens is 307 g/mol. The average Bonchev–Trinajstić information content (AvgIpc) is 3.03. The van der Waals surface area contributed by atoms with Gasteiger partial charge in [0.1, 0.15) is 17.7 Å². The van der Waals surface area contributed by atoms with Gasteiger partial charge in [-0.25, -0.2) is 9.37 Å². The van der Waals surface area contributed by atoms with Crippen LogP contribution in [0, 0.1) is 30.0 Å². The third kappa shape index (κ3) is 3.46. The second-order valence-electron chi connectivity index (χ2n) is 6.29. The van der Waals surface area contributed by atoms with Gasteiger partial charge in [0.15, 0.2) is 11.4 Å². The minimum absolute atomic E-state index is 0.0612. The van der Waals surface area contributed by atoms with Crippen LogP contribution in [0.3, 0.4) is 0 Å². The lowest BCUT2D eigenvalue weighted by Crippen LogP contribution is -2.19. The van der Waals surface area contributed by atoms with Gasteiger partial charge < -0.3 is 10.3 Å². The van der Waals surface area contributed by atoms with Crippen molar-refractivity contribution < 1.29 is 4.39 Å². The van der Waals surface area contributed by atoms with Crippen LogP contribution in [0.4, 0.5) is 15.9 Å². The summed E-state index contributed by atoms with van der Waals surface area (Å²) in [5.41, 5.74) is 0.799. The van der Waals surface area contributed by atoms with E-state index in [1.165, 1.54) is 25.0 Å². The molecule has 1 fully saturated rings. The zero-order valence-electron chi connectivity index (χ0n) is 13.5. The third-order valence-electron chi connectivity index (χ3n) is 4.48. The van der Waals surface area contributed by atoms with Crippen molar-refractivity contribution in [2.24, 2.45) is 5.92 Å². The van der Waals surface area contributed by atoms with Gasteiger partial charge in [0, 0.05) is 12.1 Å². The molecule has 1 aliphatic carbocycles. The lowest BCUT2D eigenvalue weighted by molar-refractivity contribution is 0.529. The molecule has 2 aromatic rings. The van der Waals surface area contributed by atoms with Crippen molar-refractivity contribution in [2.45, 2.75) is 39.0 Å². The number of aromatic nitrogens is 2. The Bertz CT molecular complexity index is 847. The molecule has 24 heavy (non-hydrogen) atoms. The molecule has 1 aromatic heterocycles. The summed E-state index contributed by atoms with van der Waals surface area (Å²) in [5.74, 6) is 1.01. The van der Waals surface area contributed by atoms with Crippen molar-refractivity contribution in [3.8, 4) is 6.07 Å². The Kier molecular flexibility index (Phi) is 4.61. The highest BCUT2D eigenvalue weighted by Crippen LogP contribution is 2.27. The number of aromatic amines is 1. The van der Waals surface area contributed by atoms with E-state index < -0.39 is 5.56 Å². The van der Waals surface area contributed by atoms with Crippen molar-refractivity contribution >= 4 is 11.5 Å². The summed E-state index contributed by atoms with van der Waals surface area (Å²) in [7, 11) is 0. The van der Waals surface area contributed by atoms with Gasteiger partial charge in [-0.15, -0.1) is 0 Å². The highest BCUT2D eigenvalue weighted by molar-refractivity contribution is 5.64. The SMILES string of the molecule is Cc1cc(F)ccc1Nc1nc(CC2CCCC2)[nH]c(=O)c1C#N. The number of hydrogen-bond acceptors (Lipinski definition) is 4. The fourth-order valence-corrected chi connectivity index (χ4v) is 3.19. The van der Waals surface area contributed by atoms with Crippen LogP contribution in [-0.4, -0.2) is 9.97 Å². The smallest absolute Gasteiger partial charge is 0.271 e. The lowest BCUT2D eigenvalue weighted by Gasteiger charge is -2.13. The number of halogens is 1. The maximum Gasteiger partial charge on any atom is 0.271 e. The molecule has 2 N–H and O–H groups in total. The third-order valence-corrected chi connectivity index (χ3v) is 4.48. The van der Waals surface area contributed by atoms with Crippen LogP contribution in [0.15, 0.2) is 23.0 Å². The predicted octanol–water partition coefficient (Wildman–Crippen LogP) is 3.57. The molecule has 0 unspecified atom stereocenters. The highest BCUT2D eigenvalue weighted by atomic mass is 19.1. The second-order valence-corrected chi connectivity index (χ2v) is 6.29. The molecule has 1 aliphatic rings. The van der Waals surface area contributed by atoms with E-state index in [1.54, 1.807) is 13.0 Å². The van der Waals surface area contributed by atoms with Crippen LogP contribution in [0.2, 0.25) is 0 Å². The number of aryl methyl sites for hydroxylation is 1. The topological polar surface area (TPSA) is 81.6 Å². The molecule has 1 saturated carbocycles. The zero-order valence-corrected chi connectivity index (χ0v) is 13.5. The summed E-state index contributed by atoms with van der Waals surface area (Å²) in [6.45, 7) is 1.75. The molecule has 0 atom stereocenters. The van der Waals surface area contributed by atoms with Gasteiger partial charge in [-0.05, 0) is 36.6 Å². The van der Waals surface area contributed by atoms with E-state index in [4.69, 9.17) is 0 Å². The monoisotopic (exact) mass is 326 g/mol. The van der Waals surface area contributed by atoms with Gasteiger partial charge in [0.2, 0.25) is 0 Å². The number of benzene rings is 1. The molecule has 0 spiro atoms. The molecule has 1 aromatic carbocycles. The summed E-state index contributed by atoms with van der Waals surface area (Å²) >= 11 is 0. The standard InChI is InChI=1S/C18H19FN4O/c1-11-8-13(19)6-7-15(11)21-17-14(10-20)18(24)23-16(22-17)9-12-4-2-3-5-12/h6-8,12H,2-5,9H2,1H3,(H2,21,22,23,24). The quantitative estimate of drug-likeness (QED) is 0.900. The molecule has 0 amide bonds. The van der Waals surface area contributed by atoms with E-state index in [0.29, 0.717) is 29.4 Å². The summed E-state index contributed by atoms with van der Waals surface area (Å²) in [5, 5.41) is 12.3. The molecular formula is C18H19FN4O. The Morgan fingerprint density at radius 2 is 2.17 bits per heavy atom. The number of nitrogens with one attached hydrogen (secondary N) is 2. The van der Waals surface area contributed by atoms with Crippen LogP contribution in [0.25, 0.3) is 0 Å². The van der Waals surface area contributed by atoms with Crippen LogP contribution < -0.4 is 10.9 Å². The van der Waals surface area contributed by atoms with Crippen LogP contribution >= 0.6 is 0 Å². The number of rotatable bonds is 4. The van der Waals surface area contributed by atoms with E-state index in [-0.39, 0.29) is 17.2 Å². The van der Waals surface area contributed by atoms with E-state index in [2.05, 4.69) is 15.3 Å². The number of hydrogen-bond donors (Lipinski definition) is 2. The first-order valence-electron chi connectivity index (χ1n) is 8.13. The Balaban J connectivity index is 1.94. The van der Waals surface area contributed by atoms with E-state index in [1.807, 2.05) is 6.07 Å². The summed E-state index contributed by atoms with van der Waals surface area (Å²) in [6.07, 6.45) is 5.42. The normalized spacial score (nSPS) is 14.5. The lowest BCUT2D eigenvalue weighted by atomic mass is 10.0. The first kappa shape index (κ1) is 16.2. The Hall–Kier alpha value is -2.68. The minimum Gasteiger partial charge on any atom is -0.339 e. The van der Waals surface area contributed by atoms with Gasteiger partial charge >= 0.3 is 0 Å². The summed E-state index contributed by atoms with van der Waals surface area (Å²) < 4.78 is 13.2. The molecule has 0 radical (unpaired) electrons. The molecule has 0 saturated heterocycles.